The SMILES string of the molecule is CN(Cc1n[nH]c(=O)[nH]1)C[C@@H]1C[C@H](F)CN1Cc1cnn(C)c1. The van der Waals surface area contributed by atoms with Crippen LogP contribution in [0.2, 0.25) is 0 Å². The summed E-state index contributed by atoms with van der Waals surface area (Å²) in [5.74, 6) is 0.589. The van der Waals surface area contributed by atoms with Gasteiger partial charge in [0, 0.05) is 44.5 Å². The van der Waals surface area contributed by atoms with E-state index >= 15 is 0 Å². The Morgan fingerprint density at radius 1 is 1.52 bits per heavy atom. The monoisotopic (exact) mass is 323 g/mol. The molecule has 2 atom stereocenters. The summed E-state index contributed by atoms with van der Waals surface area (Å²) in [6.45, 7) is 2.39. The van der Waals surface area contributed by atoms with Crippen molar-refractivity contribution in [2.45, 2.75) is 31.7 Å². The van der Waals surface area contributed by atoms with Crippen LogP contribution in [-0.4, -0.2) is 67.1 Å². The Balaban J connectivity index is 1.59. The number of hydrogen-bond donors (Lipinski definition) is 2. The van der Waals surface area contributed by atoms with Gasteiger partial charge in [0.05, 0.1) is 12.7 Å². The largest absolute Gasteiger partial charge is 0.340 e. The summed E-state index contributed by atoms with van der Waals surface area (Å²) in [5, 5.41) is 10.4. The highest BCUT2D eigenvalue weighted by molar-refractivity contribution is 5.05. The lowest BCUT2D eigenvalue weighted by atomic mass is 10.2. The number of rotatable bonds is 6. The third-order valence-electron chi connectivity index (χ3n) is 4.11. The van der Waals surface area contributed by atoms with Crippen LogP contribution in [0.15, 0.2) is 17.2 Å². The molecule has 0 bridgehead atoms. The number of nitrogens with zero attached hydrogens (tertiary/aromatic N) is 5. The summed E-state index contributed by atoms with van der Waals surface area (Å²) in [4.78, 5) is 17.9. The number of aryl methyl sites for hydroxylation is 1. The first kappa shape index (κ1) is 15.9. The number of aromatic nitrogens is 5. The topological polar surface area (TPSA) is 85.8 Å². The molecule has 2 N–H and O–H groups in total. The first-order valence-corrected chi connectivity index (χ1v) is 7.67. The maximum atomic E-state index is 13.9. The van der Waals surface area contributed by atoms with Crippen molar-refractivity contribution in [3.63, 3.8) is 0 Å². The van der Waals surface area contributed by atoms with Gasteiger partial charge in [0.15, 0.2) is 0 Å². The molecular weight excluding hydrogens is 301 g/mol. The van der Waals surface area contributed by atoms with Crippen molar-refractivity contribution >= 4 is 0 Å². The molecule has 126 valence electrons. The first-order valence-electron chi connectivity index (χ1n) is 7.67. The molecule has 3 rings (SSSR count). The number of H-pyrrole nitrogens is 2. The van der Waals surface area contributed by atoms with Gasteiger partial charge >= 0.3 is 5.69 Å². The van der Waals surface area contributed by atoms with Crippen LogP contribution < -0.4 is 5.69 Å². The van der Waals surface area contributed by atoms with E-state index in [1.807, 2.05) is 31.4 Å². The number of hydrogen-bond acceptors (Lipinski definition) is 5. The fourth-order valence-corrected chi connectivity index (χ4v) is 3.15. The van der Waals surface area contributed by atoms with Crippen LogP contribution in [0.4, 0.5) is 4.39 Å². The molecule has 8 nitrogen and oxygen atoms in total. The molecule has 23 heavy (non-hydrogen) atoms. The first-order chi connectivity index (χ1) is 11.0. The number of aromatic amines is 2. The normalized spacial score (nSPS) is 22.3. The number of likely N-dealkylation sites (tertiary alicyclic amines) is 1. The predicted octanol–water partition coefficient (Wildman–Crippen LogP) is -0.124. The van der Waals surface area contributed by atoms with Gasteiger partial charge in [0.1, 0.15) is 12.0 Å². The number of halogens is 1. The van der Waals surface area contributed by atoms with Crippen molar-refractivity contribution in [3.05, 3.63) is 34.3 Å². The predicted molar refractivity (Wildman–Crippen MR) is 82.5 cm³/mol. The Kier molecular flexibility index (Phi) is 4.58. The fraction of sp³-hybridized carbons (Fsp3) is 0.643. The summed E-state index contributed by atoms with van der Waals surface area (Å²) < 4.78 is 15.6. The minimum absolute atomic E-state index is 0.140. The fourth-order valence-electron chi connectivity index (χ4n) is 3.15. The zero-order valence-electron chi connectivity index (χ0n) is 13.4. The van der Waals surface area contributed by atoms with E-state index < -0.39 is 6.17 Å². The highest BCUT2D eigenvalue weighted by atomic mass is 19.1. The molecule has 2 aromatic rings. The van der Waals surface area contributed by atoms with Crippen LogP contribution in [0.5, 0.6) is 0 Å². The maximum Gasteiger partial charge on any atom is 0.340 e. The standard InChI is InChI=1S/C14H22FN7O/c1-20(9-13-17-14(23)19-18-13)8-12-3-11(15)7-22(12)6-10-4-16-21(2)5-10/h4-5,11-12H,3,6-9H2,1-2H3,(H2,17,18,19,23)/t11-,12-/m0/s1. The van der Waals surface area contributed by atoms with Crippen LogP contribution in [0.1, 0.15) is 17.8 Å². The number of likely N-dealkylation sites (N-methyl/N-ethyl adjacent to an activating group) is 1. The van der Waals surface area contributed by atoms with Gasteiger partial charge in [-0.05, 0) is 13.5 Å². The van der Waals surface area contributed by atoms with Crippen molar-refractivity contribution < 1.29 is 4.39 Å². The van der Waals surface area contributed by atoms with Crippen LogP contribution in [0, 0.1) is 0 Å². The van der Waals surface area contributed by atoms with E-state index in [4.69, 9.17) is 0 Å². The molecule has 1 saturated heterocycles. The Labute approximate surface area is 133 Å². The summed E-state index contributed by atoms with van der Waals surface area (Å²) in [5.41, 5.74) is 0.780. The lowest BCUT2D eigenvalue weighted by Gasteiger charge is -2.27. The quantitative estimate of drug-likeness (QED) is 0.774. The van der Waals surface area contributed by atoms with Gasteiger partial charge < -0.3 is 0 Å². The Morgan fingerprint density at radius 3 is 3.00 bits per heavy atom. The summed E-state index contributed by atoms with van der Waals surface area (Å²) >= 11 is 0. The summed E-state index contributed by atoms with van der Waals surface area (Å²) in [6, 6.07) is 0.140. The third kappa shape index (κ3) is 4.05. The Bertz CT molecular complexity index is 693. The van der Waals surface area contributed by atoms with E-state index in [2.05, 4.69) is 25.2 Å². The van der Waals surface area contributed by atoms with Crippen molar-refractivity contribution in [2.75, 3.05) is 20.1 Å². The molecule has 1 fully saturated rings. The molecule has 1 aliphatic heterocycles. The molecule has 0 radical (unpaired) electrons. The molecule has 0 spiro atoms. The van der Waals surface area contributed by atoms with Crippen molar-refractivity contribution in [3.8, 4) is 0 Å². The van der Waals surface area contributed by atoms with Crippen molar-refractivity contribution in [2.24, 2.45) is 7.05 Å². The summed E-state index contributed by atoms with van der Waals surface area (Å²) in [7, 11) is 3.82. The minimum Gasteiger partial charge on any atom is -0.297 e. The van der Waals surface area contributed by atoms with Gasteiger partial charge in [-0.1, -0.05) is 0 Å². The number of nitrogens with one attached hydrogen (secondary N) is 2. The molecule has 0 amide bonds. The second kappa shape index (κ2) is 6.63. The molecule has 0 saturated carbocycles. The molecule has 1 aliphatic rings. The van der Waals surface area contributed by atoms with Crippen LogP contribution in [0.25, 0.3) is 0 Å². The van der Waals surface area contributed by atoms with Gasteiger partial charge in [-0.3, -0.25) is 19.5 Å². The van der Waals surface area contributed by atoms with Gasteiger partial charge in [0.25, 0.3) is 0 Å². The van der Waals surface area contributed by atoms with Crippen LogP contribution in [-0.2, 0) is 20.1 Å². The van der Waals surface area contributed by atoms with Crippen molar-refractivity contribution in [1.82, 2.24) is 34.8 Å². The molecule has 0 unspecified atom stereocenters. The number of alkyl halides is 1. The van der Waals surface area contributed by atoms with Crippen LogP contribution in [0.3, 0.4) is 0 Å². The van der Waals surface area contributed by atoms with E-state index in [1.54, 1.807) is 4.68 Å². The minimum atomic E-state index is -0.796. The average molecular weight is 323 g/mol. The second-order valence-corrected chi connectivity index (χ2v) is 6.26. The van der Waals surface area contributed by atoms with E-state index in [0.29, 0.717) is 31.9 Å². The molecular formula is C14H22FN7O. The lowest BCUT2D eigenvalue weighted by Crippen LogP contribution is -2.38. The van der Waals surface area contributed by atoms with E-state index in [9.17, 15) is 9.18 Å². The molecule has 0 aromatic carbocycles. The lowest BCUT2D eigenvalue weighted by molar-refractivity contribution is 0.179. The zero-order chi connectivity index (χ0) is 16.4. The highest BCUT2D eigenvalue weighted by Crippen LogP contribution is 2.23. The smallest absolute Gasteiger partial charge is 0.297 e. The van der Waals surface area contributed by atoms with E-state index in [1.165, 1.54) is 0 Å². The van der Waals surface area contributed by atoms with Crippen molar-refractivity contribution in [1.29, 1.82) is 0 Å². The molecule has 2 aromatic heterocycles. The average Bonchev–Trinajstić information content (AvgIpc) is 3.14. The van der Waals surface area contributed by atoms with Crippen LogP contribution >= 0.6 is 0 Å². The molecule has 9 heteroatoms. The van der Waals surface area contributed by atoms with Gasteiger partial charge in [-0.15, -0.1) is 0 Å². The zero-order valence-corrected chi connectivity index (χ0v) is 13.4. The molecule has 0 aliphatic carbocycles. The van der Waals surface area contributed by atoms with Gasteiger partial charge in [0.2, 0.25) is 0 Å². The van der Waals surface area contributed by atoms with Gasteiger partial charge in [-0.25, -0.2) is 14.3 Å². The highest BCUT2D eigenvalue weighted by Gasteiger charge is 2.32. The Morgan fingerprint density at radius 2 is 2.35 bits per heavy atom. The Hall–Kier alpha value is -2.00. The molecule has 3 heterocycles. The van der Waals surface area contributed by atoms with Gasteiger partial charge in [-0.2, -0.15) is 10.2 Å². The summed E-state index contributed by atoms with van der Waals surface area (Å²) in [6.07, 6.45) is 3.51. The second-order valence-electron chi connectivity index (χ2n) is 6.26. The van der Waals surface area contributed by atoms with E-state index in [-0.39, 0.29) is 11.7 Å². The third-order valence-corrected chi connectivity index (χ3v) is 4.11. The van der Waals surface area contributed by atoms with E-state index in [0.717, 1.165) is 12.1 Å². The maximum absolute atomic E-state index is 13.9.